The van der Waals surface area contributed by atoms with Crippen molar-refractivity contribution in [3.8, 4) is 0 Å². The Hall–Kier alpha value is -3.10. The highest BCUT2D eigenvalue weighted by Gasteiger charge is 2.42. The smallest absolute Gasteiger partial charge is 0.321 e. The first-order valence-electron chi connectivity index (χ1n) is 15.9. The monoisotopic (exact) mass is 592 g/mol. The molecule has 2 fully saturated rings. The predicted octanol–water partition coefficient (Wildman–Crippen LogP) is 6.55. The maximum atomic E-state index is 14.3. The molecule has 1 N–H and O–H groups in total. The molecule has 5 rings (SSSR count). The standard InChI is InChI=1S/C35H46F2N4O2/c1-5-41-33(20-30(38-41)17-24-9-11-28(36)12-10-24)25-13-15-40(16-14-25)22-27-19-31(39(4)34(23(2)3)35(42)43)21-32(27)26-7-6-8-29(37)18-26/h6-12,18,20,23,25,27,31-32,34H,5,13-17,19,21-22H2,1-4H3,(H,42,43)/t27-,31+,32-,34-/m1/s1. The molecule has 6 nitrogen and oxygen atoms in total. The molecule has 4 atom stereocenters. The van der Waals surface area contributed by atoms with Gasteiger partial charge < -0.3 is 10.0 Å². The van der Waals surface area contributed by atoms with Gasteiger partial charge in [-0.25, -0.2) is 8.78 Å². The summed E-state index contributed by atoms with van der Waals surface area (Å²) in [5.41, 5.74) is 4.38. The summed E-state index contributed by atoms with van der Waals surface area (Å²) in [6.45, 7) is 9.78. The van der Waals surface area contributed by atoms with Gasteiger partial charge in [0.1, 0.15) is 17.7 Å². The minimum absolute atomic E-state index is 0.000890. The van der Waals surface area contributed by atoms with E-state index in [-0.39, 0.29) is 29.5 Å². The molecule has 0 unspecified atom stereocenters. The Morgan fingerprint density at radius 3 is 2.40 bits per heavy atom. The van der Waals surface area contributed by atoms with E-state index in [9.17, 15) is 18.7 Å². The Labute approximate surface area is 254 Å². The summed E-state index contributed by atoms with van der Waals surface area (Å²) < 4.78 is 29.8. The van der Waals surface area contributed by atoms with Crippen molar-refractivity contribution in [3.05, 3.63) is 88.7 Å². The van der Waals surface area contributed by atoms with Crippen molar-refractivity contribution in [3.63, 3.8) is 0 Å². The van der Waals surface area contributed by atoms with Crippen LogP contribution in [-0.4, -0.2) is 69.4 Å². The number of carboxylic acid groups (broad SMARTS) is 1. The molecule has 0 amide bonds. The van der Waals surface area contributed by atoms with Gasteiger partial charge in [-0.1, -0.05) is 38.1 Å². The van der Waals surface area contributed by atoms with Crippen molar-refractivity contribution >= 4 is 5.97 Å². The van der Waals surface area contributed by atoms with Gasteiger partial charge in [-0.05, 0) is 112 Å². The van der Waals surface area contributed by atoms with Crippen LogP contribution in [0.4, 0.5) is 8.78 Å². The van der Waals surface area contributed by atoms with E-state index in [1.54, 1.807) is 12.1 Å². The van der Waals surface area contributed by atoms with Crippen LogP contribution in [0.3, 0.4) is 0 Å². The molecular formula is C35H46F2N4O2. The predicted molar refractivity (Wildman–Crippen MR) is 165 cm³/mol. The summed E-state index contributed by atoms with van der Waals surface area (Å²) >= 11 is 0. The molecule has 1 aliphatic carbocycles. The fraction of sp³-hybridized carbons (Fsp3) is 0.543. The minimum Gasteiger partial charge on any atom is -0.480 e. The molecular weight excluding hydrogens is 546 g/mol. The first kappa shape index (κ1) is 31.3. The Kier molecular flexibility index (Phi) is 9.97. The highest BCUT2D eigenvalue weighted by atomic mass is 19.1. The fourth-order valence-electron chi connectivity index (χ4n) is 7.64. The number of halogens is 2. The molecule has 0 spiro atoms. The Balaban J connectivity index is 1.26. The number of nitrogens with zero attached hydrogens (tertiary/aromatic N) is 4. The molecule has 1 aromatic heterocycles. The molecule has 43 heavy (non-hydrogen) atoms. The molecule has 1 aliphatic heterocycles. The topological polar surface area (TPSA) is 61.6 Å². The van der Waals surface area contributed by atoms with Crippen LogP contribution in [0.15, 0.2) is 54.6 Å². The molecule has 1 saturated carbocycles. The zero-order chi connectivity index (χ0) is 30.7. The van der Waals surface area contributed by atoms with E-state index in [1.807, 2.05) is 39.1 Å². The molecule has 232 valence electrons. The quantitative estimate of drug-likeness (QED) is 0.274. The number of benzene rings is 2. The Morgan fingerprint density at radius 2 is 1.77 bits per heavy atom. The van der Waals surface area contributed by atoms with Crippen LogP contribution in [-0.2, 0) is 17.8 Å². The number of carboxylic acids is 1. The number of aliphatic carboxylic acids is 1. The van der Waals surface area contributed by atoms with Crippen molar-refractivity contribution in [2.75, 3.05) is 26.7 Å². The molecule has 0 bridgehead atoms. The third-order valence-corrected chi connectivity index (χ3v) is 9.80. The van der Waals surface area contributed by atoms with E-state index in [4.69, 9.17) is 5.10 Å². The lowest BCUT2D eigenvalue weighted by molar-refractivity contribution is -0.145. The number of hydrogen-bond acceptors (Lipinski definition) is 4. The number of carbonyl (C=O) groups is 1. The summed E-state index contributed by atoms with van der Waals surface area (Å²) in [6.07, 6.45) is 4.54. The molecule has 8 heteroatoms. The van der Waals surface area contributed by atoms with Crippen LogP contribution in [0.1, 0.15) is 80.8 Å². The lowest BCUT2D eigenvalue weighted by atomic mass is 9.87. The third kappa shape index (κ3) is 7.35. The van der Waals surface area contributed by atoms with E-state index in [0.29, 0.717) is 18.3 Å². The maximum Gasteiger partial charge on any atom is 0.321 e. The van der Waals surface area contributed by atoms with Crippen LogP contribution < -0.4 is 0 Å². The molecule has 2 aliphatic rings. The SMILES string of the molecule is CCn1nc(Cc2ccc(F)cc2)cc1C1CCN(C[C@H]2C[C@H](N(C)[C@@H](C(=O)O)C(C)C)C[C@@H]2c2cccc(F)c2)CC1. The lowest BCUT2D eigenvalue weighted by Crippen LogP contribution is -2.47. The molecule has 3 aromatic rings. The average Bonchev–Trinajstić information content (AvgIpc) is 3.58. The third-order valence-electron chi connectivity index (χ3n) is 9.80. The van der Waals surface area contributed by atoms with Gasteiger partial charge in [-0.2, -0.15) is 5.10 Å². The van der Waals surface area contributed by atoms with E-state index < -0.39 is 12.0 Å². The fourth-order valence-corrected chi connectivity index (χ4v) is 7.64. The molecule has 1 saturated heterocycles. The highest BCUT2D eigenvalue weighted by Crippen LogP contribution is 2.43. The number of piperidine rings is 1. The zero-order valence-corrected chi connectivity index (χ0v) is 25.9. The van der Waals surface area contributed by atoms with Gasteiger partial charge in [0.15, 0.2) is 0 Å². The van der Waals surface area contributed by atoms with Gasteiger partial charge in [0.25, 0.3) is 0 Å². The van der Waals surface area contributed by atoms with Gasteiger partial charge >= 0.3 is 5.97 Å². The summed E-state index contributed by atoms with van der Waals surface area (Å²) in [5.74, 6) is -0.259. The van der Waals surface area contributed by atoms with Crippen LogP contribution in [0.5, 0.6) is 0 Å². The summed E-state index contributed by atoms with van der Waals surface area (Å²) in [5, 5.41) is 14.8. The van der Waals surface area contributed by atoms with Gasteiger partial charge in [0, 0.05) is 37.2 Å². The van der Waals surface area contributed by atoms with Crippen molar-refractivity contribution in [2.24, 2.45) is 11.8 Å². The van der Waals surface area contributed by atoms with Gasteiger partial charge in [-0.3, -0.25) is 14.4 Å². The second-order valence-corrected chi connectivity index (χ2v) is 13.0. The molecule has 2 heterocycles. The van der Waals surface area contributed by atoms with Gasteiger partial charge in [-0.15, -0.1) is 0 Å². The minimum atomic E-state index is -0.780. The number of hydrogen-bond donors (Lipinski definition) is 1. The number of likely N-dealkylation sites (N-methyl/N-ethyl adjacent to an activating group) is 1. The van der Waals surface area contributed by atoms with E-state index >= 15 is 0 Å². The van der Waals surface area contributed by atoms with Gasteiger partial charge in [0.2, 0.25) is 0 Å². The van der Waals surface area contributed by atoms with Crippen LogP contribution >= 0.6 is 0 Å². The summed E-state index contributed by atoms with van der Waals surface area (Å²) in [4.78, 5) is 16.7. The second-order valence-electron chi connectivity index (χ2n) is 13.0. The number of aromatic nitrogens is 2. The highest BCUT2D eigenvalue weighted by molar-refractivity contribution is 5.73. The normalized spacial score (nSPS) is 22.5. The van der Waals surface area contributed by atoms with E-state index in [0.717, 1.165) is 68.7 Å². The van der Waals surface area contributed by atoms with E-state index in [1.165, 1.54) is 23.9 Å². The second kappa shape index (κ2) is 13.7. The van der Waals surface area contributed by atoms with Crippen molar-refractivity contribution in [1.29, 1.82) is 0 Å². The Bertz CT molecular complexity index is 1370. The number of likely N-dealkylation sites (tertiary alicyclic amines) is 1. The number of rotatable bonds is 11. The largest absolute Gasteiger partial charge is 0.480 e. The van der Waals surface area contributed by atoms with Crippen molar-refractivity contribution in [2.45, 2.75) is 83.3 Å². The summed E-state index contributed by atoms with van der Waals surface area (Å²) in [6, 6.07) is 15.5. The van der Waals surface area contributed by atoms with Crippen LogP contribution in [0.25, 0.3) is 0 Å². The first-order valence-corrected chi connectivity index (χ1v) is 15.9. The number of aryl methyl sites for hydroxylation is 1. The first-order chi connectivity index (χ1) is 20.6. The van der Waals surface area contributed by atoms with Gasteiger partial charge in [0.05, 0.1) is 5.69 Å². The Morgan fingerprint density at radius 1 is 1.05 bits per heavy atom. The molecule has 2 aromatic carbocycles. The van der Waals surface area contributed by atoms with Crippen molar-refractivity contribution in [1.82, 2.24) is 19.6 Å². The van der Waals surface area contributed by atoms with E-state index in [2.05, 4.69) is 27.5 Å². The molecule has 0 radical (unpaired) electrons. The van der Waals surface area contributed by atoms with Crippen molar-refractivity contribution < 1.29 is 18.7 Å². The zero-order valence-electron chi connectivity index (χ0n) is 25.9. The maximum absolute atomic E-state index is 14.3. The van der Waals surface area contributed by atoms with Crippen LogP contribution in [0, 0.1) is 23.5 Å². The lowest BCUT2D eigenvalue weighted by Gasteiger charge is -2.35. The average molecular weight is 593 g/mol. The van der Waals surface area contributed by atoms with Crippen LogP contribution in [0.2, 0.25) is 0 Å². The summed E-state index contributed by atoms with van der Waals surface area (Å²) in [7, 11) is 1.95.